The van der Waals surface area contributed by atoms with Crippen molar-refractivity contribution in [3.05, 3.63) is 286 Å². The standard InChI is InChI=1S/C31H31FN2O.C29H29FN2O.2C27H26F4N2O/c1-19(31(35)12-21-5-8-27(34-18-21)7-4-20-2-3-20)22-13-23-15-25(16-24(23)14-22)28-10-11-33-30-9-6-26(32)17-29(28)30;1-3-4-19-5-7-25(32-17-19)16-29(33)18(2)20-11-21-13-23(14-22(21)12-20)26-9-10-31-28-8-6-24(30)15-27(26)28;1-15(25(34)8-16-2-5-26(33-14-16)27(29,30)31)17-9-18-11-20(12-19(18)10-17)22-6-7-32-24-4-3-21(28)13-23(22)24;1-15(26(34)13-22-4-2-20(14-33-22)27(29,30)31)16-8-17-10-19(11-18(17)9-16)23-6-7-32-25-5-3-21(28)12-24(23)25/h5-6,8-11,17-20,22-25H,2-3,12-16H2,1H3;5-10,15,17-18,20-23H,11-14,16H2,1-2H3;2-7,13-15,17-20H,8-12H2,1H3;2-7,12,14-19H,8-11,13H2,1H3/t19?,22?,23-,24+,25?;18?,20?,21-,22+,23?;15?,17?,18-,19+,20?;15?,16?,17-,18+,19?. The predicted octanol–water partition coefficient (Wildman–Crippen LogP) is 26.1. The molecule has 12 unspecified atom stereocenters. The summed E-state index contributed by atoms with van der Waals surface area (Å²) in [6.45, 7) is 9.91. The summed E-state index contributed by atoms with van der Waals surface area (Å²) in [7, 11) is 0. The zero-order valence-corrected chi connectivity index (χ0v) is 77.1. The van der Waals surface area contributed by atoms with Crippen molar-refractivity contribution in [2.24, 2.45) is 101 Å². The third kappa shape index (κ3) is 21.8. The van der Waals surface area contributed by atoms with Crippen LogP contribution in [0.4, 0.5) is 43.9 Å². The average molecular weight is 1850 g/mol. The van der Waals surface area contributed by atoms with Crippen LogP contribution in [0, 0.1) is 148 Å². The Balaban J connectivity index is 0.000000121. The predicted molar refractivity (Wildman–Crippen MR) is 504 cm³/mol. The molecule has 0 aliphatic heterocycles. The fourth-order valence-electron chi connectivity index (χ4n) is 24.9. The highest BCUT2D eigenvalue weighted by atomic mass is 19.4. The minimum absolute atomic E-state index is 0.0318. The molecule has 20 atom stereocenters. The van der Waals surface area contributed by atoms with Gasteiger partial charge in [-0.15, -0.1) is 5.92 Å². The van der Waals surface area contributed by atoms with Gasteiger partial charge in [0.25, 0.3) is 0 Å². The summed E-state index contributed by atoms with van der Waals surface area (Å²) in [6, 6.07) is 39.8. The highest BCUT2D eigenvalue weighted by molar-refractivity contribution is 5.88. The van der Waals surface area contributed by atoms with E-state index >= 15 is 0 Å². The maximum atomic E-state index is 13.9. The smallest absolute Gasteiger partial charge is 0.299 e. The lowest BCUT2D eigenvalue weighted by Gasteiger charge is -2.21. The number of hydrogen-bond donors (Lipinski definition) is 0. The van der Waals surface area contributed by atoms with Crippen LogP contribution < -0.4 is 0 Å². The Morgan fingerprint density at radius 1 is 0.338 bits per heavy atom. The van der Waals surface area contributed by atoms with Gasteiger partial charge in [0.05, 0.1) is 27.6 Å². The number of alkyl halides is 6. The number of nitrogens with zero attached hydrogens (tertiary/aromatic N) is 8. The molecule has 9 aliphatic rings. The number of pyridine rings is 8. The summed E-state index contributed by atoms with van der Waals surface area (Å²) < 4.78 is 132. The van der Waals surface area contributed by atoms with Crippen molar-refractivity contribution >= 4 is 66.7 Å². The van der Waals surface area contributed by atoms with Crippen molar-refractivity contribution in [3.63, 3.8) is 0 Å². The Morgan fingerprint density at radius 3 is 0.949 bits per heavy atom. The number of carbonyl (C=O) groups excluding carboxylic acids is 4. The molecular formula is C114H112F10N8O4. The van der Waals surface area contributed by atoms with Gasteiger partial charge in [-0.3, -0.25) is 54.1 Å². The molecular weight excluding hydrogens is 1740 g/mol. The van der Waals surface area contributed by atoms with Crippen LogP contribution in [0.2, 0.25) is 0 Å². The second kappa shape index (κ2) is 40.5. The number of fused-ring (bicyclic) bond motifs is 8. The Kier molecular flexibility index (Phi) is 28.2. The molecule has 21 rings (SSSR count). The van der Waals surface area contributed by atoms with Crippen LogP contribution in [-0.4, -0.2) is 63.0 Å². The molecule has 8 heterocycles. The van der Waals surface area contributed by atoms with Crippen LogP contribution in [0.1, 0.15) is 241 Å². The Hall–Kier alpha value is -11.8. The van der Waals surface area contributed by atoms with E-state index in [0.29, 0.717) is 119 Å². The maximum absolute atomic E-state index is 13.9. The first-order chi connectivity index (χ1) is 65.4. The summed E-state index contributed by atoms with van der Waals surface area (Å²) in [4.78, 5) is 85.6. The molecule has 136 heavy (non-hydrogen) atoms. The quantitative estimate of drug-likeness (QED) is 0.0523. The first-order valence-electron chi connectivity index (χ1n) is 48.6. The van der Waals surface area contributed by atoms with Crippen LogP contribution in [0.25, 0.3) is 43.6 Å². The van der Waals surface area contributed by atoms with Gasteiger partial charge < -0.3 is 0 Å². The second-order valence-corrected chi connectivity index (χ2v) is 40.7. The lowest BCUT2D eigenvalue weighted by Crippen LogP contribution is -2.22. The fourth-order valence-corrected chi connectivity index (χ4v) is 24.9. The lowest BCUT2D eigenvalue weighted by atomic mass is 9.83. The van der Waals surface area contributed by atoms with E-state index in [0.717, 1.165) is 205 Å². The van der Waals surface area contributed by atoms with E-state index in [9.17, 15) is 63.1 Å². The third-order valence-corrected chi connectivity index (χ3v) is 32.4. The topological polar surface area (TPSA) is 171 Å². The Morgan fingerprint density at radius 2 is 0.669 bits per heavy atom. The molecule has 12 aromatic rings. The van der Waals surface area contributed by atoms with Gasteiger partial charge in [-0.05, 0) is 390 Å². The SMILES string of the molecule is CC#Cc1ccc(CC(=O)C(C)C2C[C@H]3CC(c4ccnc5ccc(F)cc45)C[C@H]3C2)nc1.CC(C(=O)Cc1ccc(C#CC2CC2)nc1)C1C[C@H]2CC(c3ccnc4ccc(F)cc34)C[C@H]2C1.CC(C(=O)Cc1ccc(C(F)(F)F)cn1)C1C[C@H]2CC(c3ccnc4ccc(F)cc34)C[C@H]2C1.CC(C(=O)Cc1ccc(C(F)(F)F)nc1)C1C[C@H]2CC(c3ccnc4ccc(F)cc34)C[C@H]2C1. The first-order valence-corrected chi connectivity index (χ1v) is 48.6. The van der Waals surface area contributed by atoms with E-state index in [4.69, 9.17) is 0 Å². The molecule has 0 N–H and O–H groups in total. The van der Waals surface area contributed by atoms with Crippen molar-refractivity contribution in [2.75, 3.05) is 0 Å². The van der Waals surface area contributed by atoms with Crippen LogP contribution in [0.3, 0.4) is 0 Å². The summed E-state index contributed by atoms with van der Waals surface area (Å²) in [6.07, 6.45) is 24.3. The molecule has 702 valence electrons. The van der Waals surface area contributed by atoms with Crippen LogP contribution in [0.15, 0.2) is 195 Å². The zero-order valence-electron chi connectivity index (χ0n) is 77.1. The first kappa shape index (κ1) is 94.6. The van der Waals surface area contributed by atoms with Gasteiger partial charge in [0.2, 0.25) is 0 Å². The number of carbonyl (C=O) groups is 4. The summed E-state index contributed by atoms with van der Waals surface area (Å²) in [5.41, 5.74) is 10.8. The maximum Gasteiger partial charge on any atom is 0.433 e. The largest absolute Gasteiger partial charge is 0.433 e. The van der Waals surface area contributed by atoms with Gasteiger partial charge in [-0.1, -0.05) is 51.7 Å². The Bertz CT molecular complexity index is 6300. The molecule has 4 aromatic carbocycles. The number of Topliss-reactive ketones (excluding diaryl/α,β-unsaturated/α-hetero) is 4. The summed E-state index contributed by atoms with van der Waals surface area (Å²) >= 11 is 0. The van der Waals surface area contributed by atoms with Gasteiger partial charge >= 0.3 is 12.4 Å². The van der Waals surface area contributed by atoms with Crippen LogP contribution in [-0.2, 0) is 57.2 Å². The van der Waals surface area contributed by atoms with Gasteiger partial charge in [0, 0.05) is 143 Å². The molecule has 0 amide bonds. The Labute approximate surface area is 787 Å². The van der Waals surface area contributed by atoms with Gasteiger partial charge in [0.15, 0.2) is 0 Å². The van der Waals surface area contributed by atoms with Crippen molar-refractivity contribution < 1.29 is 63.1 Å². The van der Waals surface area contributed by atoms with E-state index in [-0.39, 0.29) is 89.0 Å². The van der Waals surface area contributed by atoms with E-state index in [1.54, 1.807) is 74.0 Å². The number of aromatic nitrogens is 8. The summed E-state index contributed by atoms with van der Waals surface area (Å²) in [5.74, 6) is 20.3. The molecule has 9 saturated carbocycles. The number of ketones is 4. The van der Waals surface area contributed by atoms with Gasteiger partial charge in [-0.25, -0.2) is 22.5 Å². The van der Waals surface area contributed by atoms with Crippen molar-refractivity contribution in [1.82, 2.24) is 39.9 Å². The molecule has 22 heteroatoms. The zero-order chi connectivity index (χ0) is 95.0. The minimum Gasteiger partial charge on any atom is -0.299 e. The highest BCUT2D eigenvalue weighted by Crippen LogP contribution is 2.60. The van der Waals surface area contributed by atoms with E-state index in [2.05, 4.69) is 89.5 Å². The molecule has 0 radical (unpaired) electrons. The van der Waals surface area contributed by atoms with Gasteiger partial charge in [0.1, 0.15) is 57.8 Å². The van der Waals surface area contributed by atoms with Gasteiger partial charge in [-0.2, -0.15) is 26.3 Å². The third-order valence-electron chi connectivity index (χ3n) is 32.4. The number of rotatable bonds is 20. The number of benzene rings is 4. The molecule has 0 spiro atoms. The van der Waals surface area contributed by atoms with Crippen molar-refractivity contribution in [2.45, 2.75) is 212 Å². The van der Waals surface area contributed by atoms with E-state index in [1.807, 2.05) is 68.8 Å². The molecule has 0 bridgehead atoms. The lowest BCUT2D eigenvalue weighted by molar-refractivity contribution is -0.141. The van der Waals surface area contributed by atoms with Crippen molar-refractivity contribution in [3.8, 4) is 23.7 Å². The average Bonchev–Trinajstić information content (AvgIpc) is 1.39. The minimum atomic E-state index is -4.48. The highest BCUT2D eigenvalue weighted by Gasteiger charge is 2.50. The van der Waals surface area contributed by atoms with E-state index < -0.39 is 23.6 Å². The summed E-state index contributed by atoms with van der Waals surface area (Å²) in [5, 5.41) is 3.68. The molecule has 0 saturated heterocycles. The normalized spacial score (nSPS) is 25.5. The molecule has 8 aromatic heterocycles. The van der Waals surface area contributed by atoms with E-state index in [1.165, 1.54) is 60.4 Å². The number of halogens is 10. The molecule has 12 nitrogen and oxygen atoms in total. The second-order valence-electron chi connectivity index (χ2n) is 40.7. The van der Waals surface area contributed by atoms with Crippen LogP contribution in [0.5, 0.6) is 0 Å². The monoisotopic (exact) mass is 1850 g/mol. The molecule has 9 aliphatic carbocycles. The fraction of sp³-hybridized carbons (Fsp3) is 0.439. The van der Waals surface area contributed by atoms with Crippen molar-refractivity contribution in [1.29, 1.82) is 0 Å². The molecule has 9 fully saturated rings. The van der Waals surface area contributed by atoms with Crippen LogP contribution >= 0.6 is 0 Å². The number of hydrogen-bond acceptors (Lipinski definition) is 12.